The second kappa shape index (κ2) is 8.88. The van der Waals surface area contributed by atoms with Gasteiger partial charge in [0.1, 0.15) is 0 Å². The summed E-state index contributed by atoms with van der Waals surface area (Å²) < 4.78 is 25.3. The molecule has 1 aromatic heterocycles. The zero-order valence-electron chi connectivity index (χ0n) is 16.3. The fourth-order valence-corrected chi connectivity index (χ4v) is 5.96. The molecule has 1 unspecified atom stereocenters. The summed E-state index contributed by atoms with van der Waals surface area (Å²) in [5, 5.41) is 1.09. The van der Waals surface area contributed by atoms with E-state index in [1.165, 1.54) is 5.56 Å². The summed E-state index contributed by atoms with van der Waals surface area (Å²) in [5.41, 5.74) is 4.03. The maximum Gasteiger partial charge on any atom is 0.338 e. The SMILES string of the molecule is CCOP(=O)(OCC)C(CCc1ccccc1)c1c(C)[nH]c2ccccc12. The average molecular weight is 385 g/mol. The van der Waals surface area contributed by atoms with Crippen molar-refractivity contribution in [2.45, 2.75) is 39.3 Å². The topological polar surface area (TPSA) is 51.3 Å². The first kappa shape index (κ1) is 19.9. The van der Waals surface area contributed by atoms with Gasteiger partial charge in [-0.05, 0) is 50.8 Å². The lowest BCUT2D eigenvalue weighted by Gasteiger charge is -2.27. The highest BCUT2D eigenvalue weighted by Gasteiger charge is 2.38. The Kier molecular flexibility index (Phi) is 6.54. The molecule has 5 heteroatoms. The second-order valence-electron chi connectivity index (χ2n) is 6.62. The summed E-state index contributed by atoms with van der Waals surface area (Å²) in [5.74, 6) is 0. The number of hydrogen-bond acceptors (Lipinski definition) is 3. The molecule has 0 spiro atoms. The molecule has 0 fully saturated rings. The van der Waals surface area contributed by atoms with E-state index in [9.17, 15) is 4.57 Å². The van der Waals surface area contributed by atoms with Crippen LogP contribution in [0.5, 0.6) is 0 Å². The third-order valence-corrected chi connectivity index (χ3v) is 7.34. The fourth-order valence-electron chi connectivity index (χ4n) is 3.71. The Balaban J connectivity index is 2.05. The van der Waals surface area contributed by atoms with Crippen molar-refractivity contribution in [3.63, 3.8) is 0 Å². The number of fused-ring (bicyclic) bond motifs is 1. The van der Waals surface area contributed by atoms with E-state index in [-0.39, 0.29) is 5.66 Å². The summed E-state index contributed by atoms with van der Waals surface area (Å²) in [6.07, 6.45) is 1.51. The van der Waals surface area contributed by atoms with E-state index < -0.39 is 7.60 Å². The number of H-pyrrole nitrogens is 1. The summed E-state index contributed by atoms with van der Waals surface area (Å²) in [6.45, 7) is 6.48. The van der Waals surface area contributed by atoms with Crippen molar-refractivity contribution in [2.75, 3.05) is 13.2 Å². The first-order valence-corrected chi connectivity index (χ1v) is 11.2. The molecule has 144 valence electrons. The summed E-state index contributed by atoms with van der Waals surface area (Å²) >= 11 is 0. The summed E-state index contributed by atoms with van der Waals surface area (Å²) in [6, 6.07) is 18.4. The maximum atomic E-state index is 13.8. The molecule has 3 rings (SSSR count). The van der Waals surface area contributed by atoms with Gasteiger partial charge in [-0.1, -0.05) is 48.5 Å². The van der Waals surface area contributed by atoms with Crippen LogP contribution in [0.4, 0.5) is 0 Å². The molecule has 0 bridgehead atoms. The third-order valence-electron chi connectivity index (χ3n) is 4.83. The molecule has 1 atom stereocenters. The molecule has 4 nitrogen and oxygen atoms in total. The lowest BCUT2D eigenvalue weighted by Crippen LogP contribution is -2.09. The minimum absolute atomic E-state index is 0.311. The van der Waals surface area contributed by atoms with Crippen molar-refractivity contribution in [1.82, 2.24) is 4.98 Å². The maximum absolute atomic E-state index is 13.8. The molecule has 0 radical (unpaired) electrons. The van der Waals surface area contributed by atoms with Crippen LogP contribution >= 0.6 is 7.60 Å². The quantitative estimate of drug-likeness (QED) is 0.433. The van der Waals surface area contributed by atoms with Crippen molar-refractivity contribution in [1.29, 1.82) is 0 Å². The summed E-state index contributed by atoms with van der Waals surface area (Å²) in [4.78, 5) is 3.43. The molecular formula is C22H28NO3P. The van der Waals surface area contributed by atoms with E-state index in [1.54, 1.807) is 0 Å². The van der Waals surface area contributed by atoms with Crippen molar-refractivity contribution in [3.05, 3.63) is 71.4 Å². The number of para-hydroxylation sites is 1. The smallest absolute Gasteiger partial charge is 0.338 e. The van der Waals surface area contributed by atoms with Gasteiger partial charge >= 0.3 is 7.60 Å². The molecule has 0 aliphatic heterocycles. The van der Waals surface area contributed by atoms with Crippen LogP contribution in [0.3, 0.4) is 0 Å². The minimum atomic E-state index is -3.31. The lowest BCUT2D eigenvalue weighted by molar-refractivity contribution is 0.210. The van der Waals surface area contributed by atoms with Gasteiger partial charge in [-0.25, -0.2) is 0 Å². The molecule has 2 aromatic carbocycles. The highest BCUT2D eigenvalue weighted by Crippen LogP contribution is 2.64. The number of benzene rings is 2. The Morgan fingerprint density at radius 1 is 0.963 bits per heavy atom. The number of aromatic nitrogens is 1. The molecular weight excluding hydrogens is 357 g/mol. The van der Waals surface area contributed by atoms with Gasteiger partial charge in [0.05, 0.1) is 18.9 Å². The molecule has 0 saturated heterocycles. The molecule has 1 heterocycles. The van der Waals surface area contributed by atoms with Gasteiger partial charge in [0.15, 0.2) is 0 Å². The summed E-state index contributed by atoms with van der Waals surface area (Å²) in [7, 11) is -3.31. The monoisotopic (exact) mass is 385 g/mol. The van der Waals surface area contributed by atoms with Crippen molar-refractivity contribution in [3.8, 4) is 0 Å². The van der Waals surface area contributed by atoms with Crippen LogP contribution < -0.4 is 0 Å². The van der Waals surface area contributed by atoms with Crippen molar-refractivity contribution in [2.24, 2.45) is 0 Å². The zero-order valence-corrected chi connectivity index (χ0v) is 17.2. The predicted molar refractivity (Wildman–Crippen MR) is 111 cm³/mol. The number of hydrogen-bond donors (Lipinski definition) is 1. The Bertz CT molecular complexity index is 910. The minimum Gasteiger partial charge on any atom is -0.358 e. The molecule has 0 saturated carbocycles. The molecule has 0 amide bonds. The number of aryl methyl sites for hydroxylation is 2. The Morgan fingerprint density at radius 3 is 2.26 bits per heavy atom. The standard InChI is InChI=1S/C22H28NO3P/c1-4-25-27(24,26-5-2)21(16-15-18-11-7-6-8-12-18)22-17(3)23-20-14-10-9-13-19(20)22/h6-14,21,23H,4-5,15-16H2,1-3H3. The van der Waals surface area contributed by atoms with Gasteiger partial charge in [-0.3, -0.25) is 4.57 Å². The van der Waals surface area contributed by atoms with Crippen LogP contribution in [0.1, 0.15) is 42.7 Å². The first-order valence-electron chi connectivity index (χ1n) is 9.59. The van der Waals surface area contributed by atoms with Crippen LogP contribution in [0, 0.1) is 6.92 Å². The van der Waals surface area contributed by atoms with Crippen LogP contribution in [0.25, 0.3) is 10.9 Å². The molecule has 1 N–H and O–H groups in total. The fraction of sp³-hybridized carbons (Fsp3) is 0.364. The van der Waals surface area contributed by atoms with Gasteiger partial charge in [0.2, 0.25) is 0 Å². The second-order valence-corrected chi connectivity index (χ2v) is 8.84. The van der Waals surface area contributed by atoms with Gasteiger partial charge in [0, 0.05) is 16.6 Å². The average Bonchev–Trinajstić information content (AvgIpc) is 2.99. The zero-order chi connectivity index (χ0) is 19.3. The van der Waals surface area contributed by atoms with Crippen molar-refractivity contribution >= 4 is 18.5 Å². The highest BCUT2D eigenvalue weighted by atomic mass is 31.2. The van der Waals surface area contributed by atoms with E-state index in [1.807, 2.05) is 57.2 Å². The Morgan fingerprint density at radius 2 is 1.59 bits per heavy atom. The highest BCUT2D eigenvalue weighted by molar-refractivity contribution is 7.54. The Labute approximate surface area is 161 Å². The largest absolute Gasteiger partial charge is 0.358 e. The van der Waals surface area contributed by atoms with Crippen molar-refractivity contribution < 1.29 is 13.6 Å². The molecule has 0 aliphatic rings. The van der Waals surface area contributed by atoms with Crippen LogP contribution in [-0.2, 0) is 20.0 Å². The van der Waals surface area contributed by atoms with Crippen LogP contribution in [0.2, 0.25) is 0 Å². The van der Waals surface area contributed by atoms with Gasteiger partial charge in [-0.2, -0.15) is 0 Å². The van der Waals surface area contributed by atoms with Gasteiger partial charge < -0.3 is 14.0 Å². The van der Waals surface area contributed by atoms with Crippen LogP contribution in [0.15, 0.2) is 54.6 Å². The number of rotatable bonds is 9. The number of nitrogens with one attached hydrogen (secondary N) is 1. The van der Waals surface area contributed by atoms with E-state index in [0.717, 1.165) is 28.6 Å². The van der Waals surface area contributed by atoms with E-state index in [2.05, 4.69) is 23.2 Å². The van der Waals surface area contributed by atoms with Gasteiger partial charge in [0.25, 0.3) is 0 Å². The molecule has 0 aliphatic carbocycles. The normalized spacial score (nSPS) is 13.1. The van der Waals surface area contributed by atoms with E-state index in [0.29, 0.717) is 19.6 Å². The molecule has 3 aromatic rings. The van der Waals surface area contributed by atoms with E-state index in [4.69, 9.17) is 9.05 Å². The van der Waals surface area contributed by atoms with Crippen LogP contribution in [-0.4, -0.2) is 18.2 Å². The lowest BCUT2D eigenvalue weighted by atomic mass is 10.0. The molecule has 27 heavy (non-hydrogen) atoms. The van der Waals surface area contributed by atoms with Gasteiger partial charge in [-0.15, -0.1) is 0 Å². The Hall–Kier alpha value is -1.87. The van der Waals surface area contributed by atoms with E-state index >= 15 is 0 Å². The number of aromatic amines is 1. The first-order chi connectivity index (χ1) is 13.1. The predicted octanol–water partition coefficient (Wildman–Crippen LogP) is 6.42. The third kappa shape index (κ3) is 4.35.